The average molecular weight is 540 g/mol. The van der Waals surface area contributed by atoms with Gasteiger partial charge in [0.15, 0.2) is 10.6 Å². The first-order chi connectivity index (χ1) is 17.1. The van der Waals surface area contributed by atoms with Crippen molar-refractivity contribution in [3.05, 3.63) is 52.8 Å². The fraction of sp³-hybridized carbons (Fsp3) is 0.348. The molecule has 1 saturated heterocycles. The molecule has 0 saturated carbocycles. The molecule has 4 rings (SSSR count). The molecule has 2 aromatic carbocycles. The quantitative estimate of drug-likeness (QED) is 0.446. The van der Waals surface area contributed by atoms with Gasteiger partial charge in [-0.25, -0.2) is 17.2 Å². The Labute approximate surface area is 209 Å². The zero-order valence-corrected chi connectivity index (χ0v) is 21.1. The number of carbonyl (C=O) groups is 2. The van der Waals surface area contributed by atoms with E-state index in [4.69, 9.17) is 4.74 Å². The van der Waals surface area contributed by atoms with Gasteiger partial charge in [0, 0.05) is 19.2 Å². The maximum atomic E-state index is 14.5. The van der Waals surface area contributed by atoms with Crippen molar-refractivity contribution >= 4 is 43.5 Å². The SMILES string of the molecule is COC(=O)Cn1c(=NC(=O)C2CCCN(S(=O)(=O)c3ccc(OC)cc3)C2)sc2cc(F)cc(F)c21. The molecule has 0 aliphatic carbocycles. The second-order valence-electron chi connectivity index (χ2n) is 8.11. The van der Waals surface area contributed by atoms with Gasteiger partial charge in [-0.15, -0.1) is 0 Å². The molecule has 1 aliphatic rings. The Hall–Kier alpha value is -3.16. The number of amides is 1. The maximum Gasteiger partial charge on any atom is 0.325 e. The van der Waals surface area contributed by atoms with E-state index >= 15 is 0 Å². The average Bonchev–Trinajstić information content (AvgIpc) is 3.20. The van der Waals surface area contributed by atoms with E-state index in [1.54, 1.807) is 0 Å². The van der Waals surface area contributed by atoms with Gasteiger partial charge in [-0.3, -0.25) is 9.59 Å². The summed E-state index contributed by atoms with van der Waals surface area (Å²) in [6.07, 6.45) is 0.845. The van der Waals surface area contributed by atoms with Crippen LogP contribution >= 0.6 is 11.3 Å². The number of methoxy groups -OCH3 is 2. The Morgan fingerprint density at radius 1 is 1.17 bits per heavy atom. The lowest BCUT2D eigenvalue weighted by molar-refractivity contribution is -0.141. The molecule has 1 atom stereocenters. The number of carbonyl (C=O) groups excluding carboxylic acids is 2. The standard InChI is InChI=1S/C23H23F2N3O6S2/c1-33-16-5-7-17(8-6-16)36(31,32)27-9-3-4-14(12-27)22(30)26-23-28(13-20(29)34-2)21-18(25)10-15(24)11-19(21)35-23/h5-8,10-11,14H,3-4,9,12-13H2,1-2H3. The van der Waals surface area contributed by atoms with Crippen LogP contribution in [-0.2, 0) is 30.9 Å². The highest BCUT2D eigenvalue weighted by atomic mass is 32.2. The topological polar surface area (TPSA) is 107 Å². The molecule has 36 heavy (non-hydrogen) atoms. The van der Waals surface area contributed by atoms with Crippen molar-refractivity contribution in [1.29, 1.82) is 0 Å². The van der Waals surface area contributed by atoms with Gasteiger partial charge in [0.2, 0.25) is 10.0 Å². The number of thiazole rings is 1. The minimum absolute atomic E-state index is 0.0139. The van der Waals surface area contributed by atoms with Crippen molar-refractivity contribution in [3.63, 3.8) is 0 Å². The summed E-state index contributed by atoms with van der Waals surface area (Å²) in [6, 6.07) is 7.72. The van der Waals surface area contributed by atoms with Crippen LogP contribution in [0.2, 0.25) is 0 Å². The third-order valence-electron chi connectivity index (χ3n) is 5.85. The van der Waals surface area contributed by atoms with E-state index in [2.05, 4.69) is 9.73 Å². The van der Waals surface area contributed by atoms with Crippen molar-refractivity contribution in [2.45, 2.75) is 24.3 Å². The number of piperidine rings is 1. The fourth-order valence-electron chi connectivity index (χ4n) is 4.00. The number of fused-ring (bicyclic) bond motifs is 1. The molecular weight excluding hydrogens is 516 g/mol. The maximum absolute atomic E-state index is 14.5. The summed E-state index contributed by atoms with van der Waals surface area (Å²) in [7, 11) is -1.22. The Morgan fingerprint density at radius 2 is 1.89 bits per heavy atom. The van der Waals surface area contributed by atoms with E-state index in [0.717, 1.165) is 29.1 Å². The summed E-state index contributed by atoms with van der Waals surface area (Å²) in [5.74, 6) is -3.27. The lowest BCUT2D eigenvalue weighted by Crippen LogP contribution is -2.42. The number of benzene rings is 2. The summed E-state index contributed by atoms with van der Waals surface area (Å²) in [5.41, 5.74) is -0.0781. The molecule has 3 aromatic rings. The number of rotatable bonds is 6. The highest BCUT2D eigenvalue weighted by molar-refractivity contribution is 7.89. The zero-order chi connectivity index (χ0) is 26.0. The van der Waals surface area contributed by atoms with Crippen LogP contribution in [0.1, 0.15) is 12.8 Å². The molecule has 0 spiro atoms. The number of halogens is 2. The van der Waals surface area contributed by atoms with E-state index in [1.165, 1.54) is 35.7 Å². The smallest absolute Gasteiger partial charge is 0.325 e. The summed E-state index contributed by atoms with van der Waals surface area (Å²) in [6.45, 7) is -0.275. The normalized spacial score (nSPS) is 17.3. The predicted octanol–water partition coefficient (Wildman–Crippen LogP) is 2.69. The van der Waals surface area contributed by atoms with Crippen molar-refractivity contribution in [2.24, 2.45) is 10.9 Å². The van der Waals surface area contributed by atoms with Crippen LogP contribution in [0.25, 0.3) is 10.2 Å². The Balaban J connectivity index is 1.65. The third-order valence-corrected chi connectivity index (χ3v) is 8.75. The summed E-state index contributed by atoms with van der Waals surface area (Å²) < 4.78 is 66.8. The van der Waals surface area contributed by atoms with Gasteiger partial charge in [-0.1, -0.05) is 11.3 Å². The molecule has 1 amide bonds. The van der Waals surface area contributed by atoms with Crippen LogP contribution in [0.3, 0.4) is 0 Å². The number of esters is 1. The number of aromatic nitrogens is 1. The molecule has 2 heterocycles. The van der Waals surface area contributed by atoms with Gasteiger partial charge in [-0.2, -0.15) is 9.30 Å². The van der Waals surface area contributed by atoms with Crippen LogP contribution in [0, 0.1) is 17.6 Å². The van der Waals surface area contributed by atoms with Crippen LogP contribution in [0.5, 0.6) is 5.75 Å². The molecule has 1 aliphatic heterocycles. The van der Waals surface area contributed by atoms with Crippen molar-refractivity contribution in [1.82, 2.24) is 8.87 Å². The Bertz CT molecular complexity index is 1480. The molecule has 1 aromatic heterocycles. The van der Waals surface area contributed by atoms with Gasteiger partial charge in [-0.05, 0) is 43.2 Å². The van der Waals surface area contributed by atoms with Gasteiger partial charge >= 0.3 is 5.97 Å². The minimum atomic E-state index is -3.86. The lowest BCUT2D eigenvalue weighted by Gasteiger charge is -2.30. The van der Waals surface area contributed by atoms with Crippen molar-refractivity contribution in [2.75, 3.05) is 27.3 Å². The molecule has 9 nitrogen and oxygen atoms in total. The molecule has 1 unspecified atom stereocenters. The highest BCUT2D eigenvalue weighted by Crippen LogP contribution is 2.26. The summed E-state index contributed by atoms with van der Waals surface area (Å²) in [4.78, 5) is 29.2. The Morgan fingerprint density at radius 3 is 2.56 bits per heavy atom. The largest absolute Gasteiger partial charge is 0.497 e. The predicted molar refractivity (Wildman–Crippen MR) is 127 cm³/mol. The first-order valence-electron chi connectivity index (χ1n) is 10.9. The molecule has 192 valence electrons. The summed E-state index contributed by atoms with van der Waals surface area (Å²) in [5, 5.41) is 0. The van der Waals surface area contributed by atoms with Crippen molar-refractivity contribution < 1.29 is 36.3 Å². The highest BCUT2D eigenvalue weighted by Gasteiger charge is 2.33. The van der Waals surface area contributed by atoms with Crippen molar-refractivity contribution in [3.8, 4) is 5.75 Å². The van der Waals surface area contributed by atoms with E-state index < -0.39 is 46.0 Å². The molecule has 1 fully saturated rings. The van der Waals surface area contributed by atoms with Crippen LogP contribution in [0.4, 0.5) is 8.78 Å². The van der Waals surface area contributed by atoms with Crippen LogP contribution in [0.15, 0.2) is 46.3 Å². The molecule has 0 bridgehead atoms. The molecule has 13 heteroatoms. The van der Waals surface area contributed by atoms with Gasteiger partial charge in [0.05, 0.1) is 35.2 Å². The van der Waals surface area contributed by atoms with E-state index in [9.17, 15) is 26.8 Å². The number of ether oxygens (including phenoxy) is 2. The third kappa shape index (κ3) is 5.18. The first kappa shape index (κ1) is 25.9. The summed E-state index contributed by atoms with van der Waals surface area (Å²) >= 11 is 0.848. The van der Waals surface area contributed by atoms with Gasteiger partial charge in [0.1, 0.15) is 18.1 Å². The van der Waals surface area contributed by atoms with E-state index in [0.29, 0.717) is 24.7 Å². The van der Waals surface area contributed by atoms with E-state index in [1.807, 2.05) is 0 Å². The Kier molecular flexibility index (Phi) is 7.52. The zero-order valence-electron chi connectivity index (χ0n) is 19.4. The monoisotopic (exact) mass is 539 g/mol. The van der Waals surface area contributed by atoms with Crippen LogP contribution < -0.4 is 9.54 Å². The van der Waals surface area contributed by atoms with Gasteiger partial charge in [0.25, 0.3) is 5.91 Å². The van der Waals surface area contributed by atoms with E-state index in [-0.39, 0.29) is 33.0 Å². The number of sulfonamides is 1. The second-order valence-corrected chi connectivity index (χ2v) is 11.1. The second kappa shape index (κ2) is 10.4. The number of hydrogen-bond donors (Lipinski definition) is 0. The first-order valence-corrected chi connectivity index (χ1v) is 13.2. The van der Waals surface area contributed by atoms with Crippen LogP contribution in [-0.4, -0.2) is 56.5 Å². The minimum Gasteiger partial charge on any atom is -0.497 e. The molecule has 0 N–H and O–H groups in total. The number of hydrogen-bond acceptors (Lipinski definition) is 7. The fourth-order valence-corrected chi connectivity index (χ4v) is 6.60. The molecular formula is C23H23F2N3O6S2. The number of nitrogens with zero attached hydrogens (tertiary/aromatic N) is 3. The lowest BCUT2D eigenvalue weighted by atomic mass is 9.99. The van der Waals surface area contributed by atoms with Gasteiger partial charge < -0.3 is 14.0 Å². The molecule has 0 radical (unpaired) electrons.